The van der Waals surface area contributed by atoms with Gasteiger partial charge in [0, 0.05) is 0 Å². The lowest BCUT2D eigenvalue weighted by molar-refractivity contribution is 0.454. The minimum atomic E-state index is -2.61. The summed E-state index contributed by atoms with van der Waals surface area (Å²) in [7, 11) is 0. The Balaban J connectivity index is 0. The maximum atomic E-state index is 8.67. The monoisotopic (exact) mass is 162 g/mol. The molecule has 5 heavy (non-hydrogen) atoms. The molecule has 0 fully saturated rings. The van der Waals surface area contributed by atoms with E-state index in [2.05, 4.69) is 0 Å². The van der Waals surface area contributed by atoms with E-state index < -0.39 is 11.4 Å². The molecule has 0 aliphatic rings. The van der Waals surface area contributed by atoms with Gasteiger partial charge < -0.3 is 0 Å². The molecule has 0 radical (unpaired) electrons. The van der Waals surface area contributed by atoms with Crippen LogP contribution in [0.4, 0.5) is 0 Å². The Hall–Kier alpha value is 0.550. The number of hydrogen-bond donors (Lipinski definition) is 2. The van der Waals surface area contributed by atoms with Crippen LogP contribution in [0.3, 0.4) is 0 Å². The lowest BCUT2D eigenvalue weighted by Crippen LogP contribution is -1.74. The van der Waals surface area contributed by atoms with Crippen LogP contribution < -0.4 is 0 Å². The second-order valence-corrected chi connectivity index (χ2v) is 0.692. The van der Waals surface area contributed by atoms with E-state index in [1.54, 1.807) is 0 Å². The molecule has 0 spiro atoms. The molecule has 0 aromatic heterocycles. The summed E-state index contributed by atoms with van der Waals surface area (Å²) in [4.78, 5) is 0. The molecule has 0 bridgehead atoms. The van der Waals surface area contributed by atoms with Gasteiger partial charge in [-0.3, -0.25) is 9.11 Å². The maximum Gasteiger partial charge on any atom is 0.299 e. The highest BCUT2D eigenvalue weighted by Gasteiger charge is 1.62. The second kappa shape index (κ2) is 4.55. The summed E-state index contributed by atoms with van der Waals surface area (Å²) >= 11 is -2.61. The fourth-order valence-electron chi connectivity index (χ4n) is 0. The van der Waals surface area contributed by atoms with E-state index in [0.29, 0.717) is 0 Å². The van der Waals surface area contributed by atoms with Gasteiger partial charge in [-0.1, -0.05) is 0 Å². The van der Waals surface area contributed by atoms with Crippen molar-refractivity contribution < 1.29 is 13.3 Å². The molecular formula is H3BrO3S. The summed E-state index contributed by atoms with van der Waals surface area (Å²) in [6, 6.07) is 0. The highest BCUT2D eigenvalue weighted by Crippen LogP contribution is 1.44. The summed E-state index contributed by atoms with van der Waals surface area (Å²) < 4.78 is 22.8. The molecule has 3 nitrogen and oxygen atoms in total. The van der Waals surface area contributed by atoms with Gasteiger partial charge >= 0.3 is 0 Å². The molecule has 0 aromatic rings. The predicted octanol–water partition coefficient (Wildman–Crippen LogP) is 0.259. The molecule has 0 amide bonds. The van der Waals surface area contributed by atoms with E-state index in [1.807, 2.05) is 0 Å². The summed E-state index contributed by atoms with van der Waals surface area (Å²) in [5.74, 6) is 0. The van der Waals surface area contributed by atoms with Gasteiger partial charge in [0.05, 0.1) is 0 Å². The molecule has 5 heteroatoms. The van der Waals surface area contributed by atoms with Crippen molar-refractivity contribution in [2.24, 2.45) is 0 Å². The predicted molar refractivity (Wildman–Crippen MR) is 23.7 cm³/mol. The molecule has 0 saturated carbocycles. The SMILES string of the molecule is Br.O=S(O)O. The van der Waals surface area contributed by atoms with Crippen molar-refractivity contribution in [1.29, 1.82) is 0 Å². The van der Waals surface area contributed by atoms with Crippen molar-refractivity contribution in [3.8, 4) is 0 Å². The van der Waals surface area contributed by atoms with Crippen LogP contribution in [0.1, 0.15) is 0 Å². The Morgan fingerprint density at radius 1 is 1.40 bits per heavy atom. The Labute approximate surface area is 42.3 Å². The molecule has 0 aromatic carbocycles. The first-order valence-electron chi connectivity index (χ1n) is 0.532. The molecule has 0 unspecified atom stereocenters. The largest absolute Gasteiger partial charge is 0.299 e. The van der Waals surface area contributed by atoms with Crippen LogP contribution in [0.25, 0.3) is 0 Å². The number of hydrogen-bond acceptors (Lipinski definition) is 1. The highest BCUT2D eigenvalue weighted by atomic mass is 79.9. The van der Waals surface area contributed by atoms with Gasteiger partial charge in [0.25, 0.3) is 11.4 Å². The van der Waals surface area contributed by atoms with Crippen molar-refractivity contribution in [3.63, 3.8) is 0 Å². The molecule has 0 heterocycles. The number of rotatable bonds is 0. The zero-order valence-electron chi connectivity index (χ0n) is 2.12. The lowest BCUT2D eigenvalue weighted by Gasteiger charge is -1.59. The van der Waals surface area contributed by atoms with Gasteiger partial charge in [-0.05, 0) is 0 Å². The maximum absolute atomic E-state index is 8.67. The van der Waals surface area contributed by atoms with Gasteiger partial charge in [-0.2, -0.15) is 4.21 Å². The molecule has 2 N–H and O–H groups in total. The normalized spacial score (nSPS) is 7.00. The Kier molecular flexibility index (Phi) is 8.30. The number of halogens is 1. The van der Waals surface area contributed by atoms with Crippen molar-refractivity contribution >= 4 is 28.3 Å². The van der Waals surface area contributed by atoms with Crippen LogP contribution in [0.15, 0.2) is 0 Å². The van der Waals surface area contributed by atoms with Crippen molar-refractivity contribution in [2.75, 3.05) is 0 Å². The van der Waals surface area contributed by atoms with Gasteiger partial charge in [-0.25, -0.2) is 0 Å². The summed E-state index contributed by atoms with van der Waals surface area (Å²) in [6.45, 7) is 0. The molecular weight excluding hydrogens is 160 g/mol. The van der Waals surface area contributed by atoms with E-state index in [-0.39, 0.29) is 17.0 Å². The molecule has 0 saturated heterocycles. The van der Waals surface area contributed by atoms with Crippen LogP contribution in [0.2, 0.25) is 0 Å². The van der Waals surface area contributed by atoms with Crippen LogP contribution in [0, 0.1) is 0 Å². The van der Waals surface area contributed by atoms with E-state index >= 15 is 0 Å². The van der Waals surface area contributed by atoms with E-state index in [1.165, 1.54) is 0 Å². The first kappa shape index (κ1) is 9.12. The van der Waals surface area contributed by atoms with Crippen molar-refractivity contribution in [3.05, 3.63) is 0 Å². The highest BCUT2D eigenvalue weighted by molar-refractivity contribution is 8.93. The fourth-order valence-corrected chi connectivity index (χ4v) is 0. The fraction of sp³-hybridized carbons (Fsp3) is 0. The minimum absolute atomic E-state index is 0. The molecule has 0 atom stereocenters. The standard InChI is InChI=1S/BrH.H2O3S/c;1-4(2)3/h1H;(H2,1,2,3). The summed E-state index contributed by atoms with van der Waals surface area (Å²) in [5, 5.41) is 0. The molecule has 34 valence electrons. The van der Waals surface area contributed by atoms with Crippen molar-refractivity contribution in [1.82, 2.24) is 0 Å². The van der Waals surface area contributed by atoms with Crippen LogP contribution in [-0.4, -0.2) is 13.3 Å². The van der Waals surface area contributed by atoms with Crippen LogP contribution in [0.5, 0.6) is 0 Å². The van der Waals surface area contributed by atoms with E-state index in [9.17, 15) is 0 Å². The second-order valence-electron chi connectivity index (χ2n) is 0.231. The van der Waals surface area contributed by atoms with Crippen molar-refractivity contribution in [2.45, 2.75) is 0 Å². The third kappa shape index (κ3) is 97.8. The molecule has 0 aliphatic carbocycles. The van der Waals surface area contributed by atoms with Gasteiger partial charge in [0.2, 0.25) is 0 Å². The molecule has 0 rings (SSSR count). The Bertz CT molecular complexity index is 29.9. The average Bonchev–Trinajstić information content (AvgIpc) is 0.811. The quantitative estimate of drug-likeness (QED) is 0.503. The van der Waals surface area contributed by atoms with Crippen LogP contribution >= 0.6 is 17.0 Å². The topological polar surface area (TPSA) is 57.5 Å². The first-order valence-corrected chi connectivity index (χ1v) is 1.60. The zero-order chi connectivity index (χ0) is 3.58. The van der Waals surface area contributed by atoms with Gasteiger partial charge in [0.15, 0.2) is 0 Å². The summed E-state index contributed by atoms with van der Waals surface area (Å²) in [5.41, 5.74) is 0. The Morgan fingerprint density at radius 3 is 1.40 bits per heavy atom. The van der Waals surface area contributed by atoms with E-state index in [4.69, 9.17) is 13.3 Å². The van der Waals surface area contributed by atoms with Gasteiger partial charge in [0.1, 0.15) is 0 Å². The smallest absolute Gasteiger partial charge is 0.284 e. The third-order valence-corrected chi connectivity index (χ3v) is 0. The van der Waals surface area contributed by atoms with E-state index in [0.717, 1.165) is 0 Å². The minimum Gasteiger partial charge on any atom is -0.284 e. The third-order valence-electron chi connectivity index (χ3n) is 0. The Morgan fingerprint density at radius 2 is 1.40 bits per heavy atom. The average molecular weight is 163 g/mol. The first-order chi connectivity index (χ1) is 1.73. The molecule has 0 aliphatic heterocycles. The summed E-state index contributed by atoms with van der Waals surface area (Å²) in [6.07, 6.45) is 0. The zero-order valence-corrected chi connectivity index (χ0v) is 4.65. The van der Waals surface area contributed by atoms with Crippen LogP contribution in [-0.2, 0) is 11.4 Å². The lowest BCUT2D eigenvalue weighted by atomic mass is 15.8. The van der Waals surface area contributed by atoms with Gasteiger partial charge in [-0.15, -0.1) is 17.0 Å².